The highest BCUT2D eigenvalue weighted by Crippen LogP contribution is 2.46. The van der Waals surface area contributed by atoms with Gasteiger partial charge >= 0.3 is 0 Å². The number of aliphatic hydroxyl groups excluding tert-OH is 1. The van der Waals surface area contributed by atoms with Gasteiger partial charge in [-0.25, -0.2) is 0 Å². The quantitative estimate of drug-likeness (QED) is 0.0579. The van der Waals surface area contributed by atoms with Gasteiger partial charge < -0.3 is 19.0 Å². The van der Waals surface area contributed by atoms with Crippen molar-refractivity contribution in [2.45, 2.75) is 49.7 Å². The van der Waals surface area contributed by atoms with Crippen LogP contribution in [0.4, 0.5) is 5.13 Å². The van der Waals surface area contributed by atoms with Gasteiger partial charge in [0.25, 0.3) is 5.91 Å². The van der Waals surface area contributed by atoms with Crippen molar-refractivity contribution < 1.29 is 28.6 Å². The number of aliphatic hydroxyl groups is 1. The molecule has 0 aliphatic carbocycles. The summed E-state index contributed by atoms with van der Waals surface area (Å²) in [6.45, 7) is 6.58. The zero-order chi connectivity index (χ0) is 32.2. The third kappa shape index (κ3) is 6.25. The van der Waals surface area contributed by atoms with Crippen molar-refractivity contribution >= 4 is 50.7 Å². The van der Waals surface area contributed by atoms with Crippen LogP contribution in [0.5, 0.6) is 11.5 Å². The molecule has 1 aliphatic heterocycles. The van der Waals surface area contributed by atoms with E-state index in [1.807, 2.05) is 25.1 Å². The van der Waals surface area contributed by atoms with Crippen molar-refractivity contribution in [1.29, 1.82) is 0 Å². The smallest absolute Gasteiger partial charge is 0.296 e. The normalized spacial score (nSPS) is 14.8. The summed E-state index contributed by atoms with van der Waals surface area (Å²) >= 11 is 2.73. The van der Waals surface area contributed by atoms with E-state index in [0.717, 1.165) is 29.2 Å². The van der Waals surface area contributed by atoms with E-state index in [1.165, 1.54) is 34.1 Å². The van der Waals surface area contributed by atoms with Crippen molar-refractivity contribution in [1.82, 2.24) is 10.2 Å². The van der Waals surface area contributed by atoms with Crippen molar-refractivity contribution in [2.24, 2.45) is 0 Å². The Bertz CT molecular complexity index is 1930. The summed E-state index contributed by atoms with van der Waals surface area (Å²) in [6.07, 6.45) is 1.86. The number of ketones is 1. The van der Waals surface area contributed by atoms with E-state index < -0.39 is 23.5 Å². The molecule has 3 aromatic carbocycles. The van der Waals surface area contributed by atoms with E-state index in [4.69, 9.17) is 13.9 Å². The Morgan fingerprint density at radius 1 is 1.02 bits per heavy atom. The molecular weight excluding hydrogens is 623 g/mol. The monoisotopic (exact) mass is 655 g/mol. The average molecular weight is 656 g/mol. The number of aromatic nitrogens is 2. The van der Waals surface area contributed by atoms with E-state index in [0.29, 0.717) is 46.1 Å². The van der Waals surface area contributed by atoms with Crippen LogP contribution in [0.1, 0.15) is 60.2 Å². The van der Waals surface area contributed by atoms with Gasteiger partial charge in [0.15, 0.2) is 27.4 Å². The molecule has 11 heteroatoms. The fourth-order valence-electron chi connectivity index (χ4n) is 5.36. The third-order valence-corrected chi connectivity index (χ3v) is 9.69. The minimum Gasteiger partial charge on any atom is -0.503 e. The number of thioether (sulfide) groups is 1. The summed E-state index contributed by atoms with van der Waals surface area (Å²) in [5, 5.41) is 22.5. The van der Waals surface area contributed by atoms with Gasteiger partial charge in [0.2, 0.25) is 10.9 Å². The predicted molar refractivity (Wildman–Crippen MR) is 179 cm³/mol. The lowest BCUT2D eigenvalue weighted by molar-refractivity contribution is -0.117. The summed E-state index contributed by atoms with van der Waals surface area (Å²) in [6, 6.07) is 21.8. The van der Waals surface area contributed by atoms with Crippen LogP contribution in [-0.4, -0.2) is 40.2 Å². The first-order valence-electron chi connectivity index (χ1n) is 15.1. The van der Waals surface area contributed by atoms with Crippen LogP contribution < -0.4 is 14.4 Å². The van der Waals surface area contributed by atoms with Crippen LogP contribution in [0.2, 0.25) is 0 Å². The minimum atomic E-state index is -1.02. The standard InChI is InChI=1S/C35H33N3O6S2/c1-4-6-18-43-26-17-15-23(19-28(26)42-5-2)30-29(31(39)27-16-14-21(3)44-27)32(40)33(41)38(30)34-36-37-35(46-34)45-20-24-12-9-11-22-10-7-8-13-25(22)24/h7-17,19,30,40H,4-6,18,20H2,1-3H3. The number of Topliss-reactive ketones (excluding diaryl/α,β-unsaturated/α-hetero) is 1. The zero-order valence-electron chi connectivity index (χ0n) is 25.7. The molecule has 0 bridgehead atoms. The number of unbranched alkanes of at least 4 members (excludes halogenated alkanes) is 1. The summed E-state index contributed by atoms with van der Waals surface area (Å²) in [5.74, 6) is 0.222. The van der Waals surface area contributed by atoms with Crippen LogP contribution in [0, 0.1) is 6.92 Å². The van der Waals surface area contributed by atoms with Crippen molar-refractivity contribution in [2.75, 3.05) is 18.1 Å². The molecule has 46 heavy (non-hydrogen) atoms. The number of carbonyl (C=O) groups excluding carboxylic acids is 2. The van der Waals surface area contributed by atoms with Crippen LogP contribution in [0.25, 0.3) is 10.8 Å². The number of nitrogens with zero attached hydrogens (tertiary/aromatic N) is 3. The summed E-state index contributed by atoms with van der Waals surface area (Å²) in [4.78, 5) is 28.9. The Kier molecular flexibility index (Phi) is 9.41. The van der Waals surface area contributed by atoms with Crippen molar-refractivity contribution in [3.63, 3.8) is 0 Å². The first-order chi connectivity index (χ1) is 22.4. The number of rotatable bonds is 13. The highest BCUT2D eigenvalue weighted by molar-refractivity contribution is 8.00. The van der Waals surface area contributed by atoms with Gasteiger partial charge in [0.05, 0.1) is 24.8 Å². The highest BCUT2D eigenvalue weighted by Gasteiger charge is 2.47. The molecule has 1 N–H and O–H groups in total. The largest absolute Gasteiger partial charge is 0.503 e. The van der Waals surface area contributed by atoms with Gasteiger partial charge in [-0.2, -0.15) is 0 Å². The summed E-state index contributed by atoms with van der Waals surface area (Å²) < 4.78 is 18.1. The molecule has 0 fully saturated rings. The summed E-state index contributed by atoms with van der Waals surface area (Å²) in [5.41, 5.74) is 1.58. The topological polar surface area (TPSA) is 115 Å². The molecule has 1 unspecified atom stereocenters. The maximum atomic E-state index is 13.8. The molecule has 1 atom stereocenters. The van der Waals surface area contributed by atoms with Gasteiger partial charge in [-0.15, -0.1) is 10.2 Å². The fraction of sp³-hybridized carbons (Fsp3) is 0.257. The first kappa shape index (κ1) is 31.4. The number of anilines is 1. The number of hydrogen-bond acceptors (Lipinski definition) is 10. The average Bonchev–Trinajstić information content (AvgIpc) is 3.78. The second-order valence-electron chi connectivity index (χ2n) is 10.7. The third-order valence-electron chi connectivity index (χ3n) is 7.59. The Hall–Kier alpha value is -4.61. The molecule has 6 rings (SSSR count). The molecular formula is C35H33N3O6S2. The minimum absolute atomic E-state index is 0.0202. The maximum Gasteiger partial charge on any atom is 0.296 e. The maximum absolute atomic E-state index is 13.8. The number of ether oxygens (including phenoxy) is 2. The van der Waals surface area contributed by atoms with Gasteiger partial charge in [0.1, 0.15) is 5.76 Å². The van der Waals surface area contributed by atoms with Gasteiger partial charge in [0, 0.05) is 5.75 Å². The van der Waals surface area contributed by atoms with Gasteiger partial charge in [-0.3, -0.25) is 14.5 Å². The molecule has 5 aromatic rings. The molecule has 0 spiro atoms. The second kappa shape index (κ2) is 13.8. The molecule has 0 radical (unpaired) electrons. The first-order valence-corrected chi connectivity index (χ1v) is 16.9. The molecule has 1 amide bonds. The predicted octanol–water partition coefficient (Wildman–Crippen LogP) is 8.25. The lowest BCUT2D eigenvalue weighted by Gasteiger charge is -2.25. The Morgan fingerprint density at radius 2 is 1.85 bits per heavy atom. The molecule has 9 nitrogen and oxygen atoms in total. The number of carbonyl (C=O) groups is 2. The van der Waals surface area contributed by atoms with Crippen LogP contribution in [0.15, 0.2) is 92.9 Å². The van der Waals surface area contributed by atoms with E-state index in [2.05, 4.69) is 41.4 Å². The van der Waals surface area contributed by atoms with Crippen LogP contribution in [0.3, 0.4) is 0 Å². The lowest BCUT2D eigenvalue weighted by atomic mass is 9.95. The van der Waals surface area contributed by atoms with Crippen molar-refractivity contribution in [3.05, 3.63) is 107 Å². The molecule has 0 saturated carbocycles. The highest BCUT2D eigenvalue weighted by atomic mass is 32.2. The zero-order valence-corrected chi connectivity index (χ0v) is 27.3. The van der Waals surface area contributed by atoms with E-state index in [9.17, 15) is 14.7 Å². The van der Waals surface area contributed by atoms with Crippen LogP contribution in [-0.2, 0) is 10.5 Å². The van der Waals surface area contributed by atoms with E-state index in [-0.39, 0.29) is 16.5 Å². The van der Waals surface area contributed by atoms with Gasteiger partial charge in [-0.1, -0.05) is 85.0 Å². The molecule has 236 valence electrons. The van der Waals surface area contributed by atoms with Crippen molar-refractivity contribution in [3.8, 4) is 11.5 Å². The number of fused-ring (bicyclic) bond motifs is 1. The number of furan rings is 1. The number of benzene rings is 3. The SMILES string of the molecule is CCCCOc1ccc(C2C(C(=O)c3ccc(C)o3)=C(O)C(=O)N2c2nnc(SCc3cccc4ccccc34)s2)cc1OCC. The Balaban J connectivity index is 1.35. The fourth-order valence-corrected chi connectivity index (χ4v) is 7.24. The number of hydrogen-bond donors (Lipinski definition) is 1. The molecule has 3 heterocycles. The molecule has 2 aromatic heterocycles. The van der Waals surface area contributed by atoms with Crippen LogP contribution >= 0.6 is 23.1 Å². The Morgan fingerprint density at radius 3 is 2.63 bits per heavy atom. The number of aryl methyl sites for hydroxylation is 1. The number of amides is 1. The summed E-state index contributed by atoms with van der Waals surface area (Å²) in [7, 11) is 0. The molecule has 1 aliphatic rings. The van der Waals surface area contributed by atoms with E-state index in [1.54, 1.807) is 31.2 Å². The molecule has 0 saturated heterocycles. The second-order valence-corrected chi connectivity index (χ2v) is 12.9. The van der Waals surface area contributed by atoms with E-state index >= 15 is 0 Å². The van der Waals surface area contributed by atoms with Gasteiger partial charge in [-0.05, 0) is 66.4 Å². The lowest BCUT2D eigenvalue weighted by Crippen LogP contribution is -2.31. The Labute approximate surface area is 274 Å².